The van der Waals surface area contributed by atoms with Gasteiger partial charge in [-0.05, 0) is 38.0 Å². The lowest BCUT2D eigenvalue weighted by atomic mass is 9.89. The van der Waals surface area contributed by atoms with E-state index in [1.54, 1.807) is 0 Å². The maximum atomic E-state index is 11.9. The molecule has 1 amide bonds. The molecular weight excluding hydrogens is 226 g/mol. The first-order chi connectivity index (χ1) is 8.63. The quantitative estimate of drug-likeness (QED) is 0.716. The molecule has 3 nitrogen and oxygen atoms in total. The van der Waals surface area contributed by atoms with Gasteiger partial charge in [0.25, 0.3) is 0 Å². The van der Waals surface area contributed by atoms with Crippen LogP contribution in [0, 0.1) is 11.8 Å². The van der Waals surface area contributed by atoms with Crippen LogP contribution < -0.4 is 0 Å². The highest BCUT2D eigenvalue weighted by molar-refractivity contribution is 5.67. The van der Waals surface area contributed by atoms with Crippen molar-refractivity contribution in [2.45, 2.75) is 59.3 Å². The summed E-state index contributed by atoms with van der Waals surface area (Å²) in [6, 6.07) is 0. The minimum absolute atomic E-state index is 0.122. The number of ether oxygens (including phenoxy) is 1. The minimum atomic E-state index is -0.122. The zero-order valence-corrected chi connectivity index (χ0v) is 12.3. The Labute approximate surface area is 112 Å². The predicted molar refractivity (Wildman–Crippen MR) is 74.6 cm³/mol. The van der Waals surface area contributed by atoms with Crippen molar-refractivity contribution in [1.82, 2.24) is 4.90 Å². The third kappa shape index (κ3) is 5.74. The summed E-state index contributed by atoms with van der Waals surface area (Å²) < 4.78 is 5.16. The Kier molecular flexibility index (Phi) is 7.14. The van der Waals surface area contributed by atoms with E-state index in [-0.39, 0.29) is 6.09 Å². The summed E-state index contributed by atoms with van der Waals surface area (Å²) in [7, 11) is 0. The fraction of sp³-hybridized carbons (Fsp3) is 0.933. The first-order valence-corrected chi connectivity index (χ1v) is 7.55. The molecule has 1 saturated carbocycles. The lowest BCUT2D eigenvalue weighted by Gasteiger charge is -2.29. The predicted octanol–water partition coefficient (Wildman–Crippen LogP) is 4.07. The largest absolute Gasteiger partial charge is 0.450 e. The molecule has 1 aliphatic rings. The van der Waals surface area contributed by atoms with Crippen molar-refractivity contribution in [1.29, 1.82) is 0 Å². The number of hydrogen-bond acceptors (Lipinski definition) is 2. The van der Waals surface area contributed by atoms with Crippen LogP contribution >= 0.6 is 0 Å². The standard InChI is InChI=1S/C15H29NO2/c1-4-18-15(17)16(11-10-13(2)3)12-14-8-6-5-7-9-14/h13-14H,4-12H2,1-3H3. The molecule has 0 aromatic heterocycles. The summed E-state index contributed by atoms with van der Waals surface area (Å²) in [5.74, 6) is 1.32. The van der Waals surface area contributed by atoms with Crippen molar-refractivity contribution in [2.24, 2.45) is 11.8 Å². The number of rotatable bonds is 6. The van der Waals surface area contributed by atoms with Crippen molar-refractivity contribution in [3.05, 3.63) is 0 Å². The van der Waals surface area contributed by atoms with Gasteiger partial charge in [-0.3, -0.25) is 0 Å². The molecule has 1 rings (SSSR count). The van der Waals surface area contributed by atoms with Crippen LogP contribution in [0.1, 0.15) is 59.3 Å². The highest BCUT2D eigenvalue weighted by Gasteiger charge is 2.21. The van der Waals surface area contributed by atoms with Gasteiger partial charge in [0.2, 0.25) is 0 Å². The van der Waals surface area contributed by atoms with E-state index in [2.05, 4.69) is 13.8 Å². The lowest BCUT2D eigenvalue weighted by Crippen LogP contribution is -2.37. The maximum absolute atomic E-state index is 11.9. The van der Waals surface area contributed by atoms with E-state index in [1.165, 1.54) is 32.1 Å². The lowest BCUT2D eigenvalue weighted by molar-refractivity contribution is 0.0949. The van der Waals surface area contributed by atoms with E-state index in [1.807, 2.05) is 11.8 Å². The Morgan fingerprint density at radius 1 is 1.28 bits per heavy atom. The van der Waals surface area contributed by atoms with Crippen LogP contribution in [0.25, 0.3) is 0 Å². The Morgan fingerprint density at radius 2 is 1.94 bits per heavy atom. The Morgan fingerprint density at radius 3 is 2.50 bits per heavy atom. The summed E-state index contributed by atoms with van der Waals surface area (Å²) in [6.07, 6.45) is 7.50. The monoisotopic (exact) mass is 255 g/mol. The molecule has 0 N–H and O–H groups in total. The number of nitrogens with zero attached hydrogens (tertiary/aromatic N) is 1. The van der Waals surface area contributed by atoms with Gasteiger partial charge in [-0.2, -0.15) is 0 Å². The molecule has 3 heteroatoms. The van der Waals surface area contributed by atoms with E-state index in [0.29, 0.717) is 18.4 Å². The Bertz CT molecular complexity index is 235. The van der Waals surface area contributed by atoms with E-state index < -0.39 is 0 Å². The van der Waals surface area contributed by atoms with E-state index in [4.69, 9.17) is 4.74 Å². The molecule has 0 unspecified atom stereocenters. The second kappa shape index (κ2) is 8.39. The van der Waals surface area contributed by atoms with Gasteiger partial charge in [0.15, 0.2) is 0 Å². The fourth-order valence-corrected chi connectivity index (χ4v) is 2.57. The summed E-state index contributed by atoms with van der Waals surface area (Å²) in [6.45, 7) is 8.48. The van der Waals surface area contributed by atoms with Gasteiger partial charge >= 0.3 is 6.09 Å². The molecule has 1 fully saturated rings. The molecule has 0 heterocycles. The number of carbonyl (C=O) groups is 1. The van der Waals surface area contributed by atoms with E-state index >= 15 is 0 Å². The highest BCUT2D eigenvalue weighted by atomic mass is 16.6. The molecule has 0 spiro atoms. The van der Waals surface area contributed by atoms with Crippen molar-refractivity contribution in [3.8, 4) is 0 Å². The van der Waals surface area contributed by atoms with Crippen molar-refractivity contribution >= 4 is 6.09 Å². The van der Waals surface area contributed by atoms with Crippen LogP contribution in [-0.2, 0) is 4.74 Å². The summed E-state index contributed by atoms with van der Waals surface area (Å²) in [4.78, 5) is 13.9. The molecule has 0 radical (unpaired) electrons. The van der Waals surface area contributed by atoms with Crippen LogP contribution in [0.3, 0.4) is 0 Å². The third-order valence-corrected chi connectivity index (χ3v) is 3.71. The first kappa shape index (κ1) is 15.3. The Hall–Kier alpha value is -0.730. The van der Waals surface area contributed by atoms with E-state index in [9.17, 15) is 4.79 Å². The highest BCUT2D eigenvalue weighted by Crippen LogP contribution is 2.24. The molecule has 1 aliphatic carbocycles. The van der Waals surface area contributed by atoms with Crippen molar-refractivity contribution in [2.75, 3.05) is 19.7 Å². The van der Waals surface area contributed by atoms with Crippen LogP contribution in [0.2, 0.25) is 0 Å². The molecule has 18 heavy (non-hydrogen) atoms. The smallest absolute Gasteiger partial charge is 0.409 e. The zero-order chi connectivity index (χ0) is 13.4. The van der Waals surface area contributed by atoms with Crippen LogP contribution in [0.15, 0.2) is 0 Å². The van der Waals surface area contributed by atoms with Gasteiger partial charge in [0, 0.05) is 13.1 Å². The SMILES string of the molecule is CCOC(=O)N(CCC(C)C)CC1CCCCC1. The van der Waals surface area contributed by atoms with Gasteiger partial charge in [-0.25, -0.2) is 4.79 Å². The molecule has 0 aromatic rings. The topological polar surface area (TPSA) is 29.5 Å². The van der Waals surface area contributed by atoms with Crippen LogP contribution in [0.4, 0.5) is 4.79 Å². The Balaban J connectivity index is 2.44. The minimum Gasteiger partial charge on any atom is -0.450 e. The van der Waals surface area contributed by atoms with Crippen molar-refractivity contribution < 1.29 is 9.53 Å². The maximum Gasteiger partial charge on any atom is 0.409 e. The van der Waals surface area contributed by atoms with Gasteiger partial charge in [-0.15, -0.1) is 0 Å². The summed E-state index contributed by atoms with van der Waals surface area (Å²) >= 11 is 0. The second-order valence-corrected chi connectivity index (χ2v) is 5.83. The van der Waals surface area contributed by atoms with Gasteiger partial charge in [0.1, 0.15) is 0 Å². The molecule has 0 aromatic carbocycles. The summed E-state index contributed by atoms with van der Waals surface area (Å²) in [5.41, 5.74) is 0. The number of carbonyl (C=O) groups excluding carboxylic acids is 1. The zero-order valence-electron chi connectivity index (χ0n) is 12.3. The van der Waals surface area contributed by atoms with Crippen LogP contribution in [0.5, 0.6) is 0 Å². The normalized spacial score (nSPS) is 16.9. The first-order valence-electron chi connectivity index (χ1n) is 7.55. The number of hydrogen-bond donors (Lipinski definition) is 0. The fourth-order valence-electron chi connectivity index (χ4n) is 2.57. The molecular formula is C15H29NO2. The average molecular weight is 255 g/mol. The molecule has 106 valence electrons. The molecule has 0 bridgehead atoms. The van der Waals surface area contributed by atoms with Gasteiger partial charge in [0.05, 0.1) is 6.61 Å². The summed E-state index contributed by atoms with van der Waals surface area (Å²) in [5, 5.41) is 0. The number of amides is 1. The van der Waals surface area contributed by atoms with Crippen LogP contribution in [-0.4, -0.2) is 30.7 Å². The second-order valence-electron chi connectivity index (χ2n) is 5.83. The third-order valence-electron chi connectivity index (χ3n) is 3.71. The molecule has 0 atom stereocenters. The molecule has 0 saturated heterocycles. The molecule has 0 aliphatic heterocycles. The van der Waals surface area contributed by atoms with Crippen molar-refractivity contribution in [3.63, 3.8) is 0 Å². The van der Waals surface area contributed by atoms with Gasteiger partial charge < -0.3 is 9.64 Å². The van der Waals surface area contributed by atoms with E-state index in [0.717, 1.165) is 19.5 Å². The average Bonchev–Trinajstić information content (AvgIpc) is 2.35. The van der Waals surface area contributed by atoms with Gasteiger partial charge in [-0.1, -0.05) is 33.1 Å².